The molecule has 1 atom stereocenters. The molecule has 0 N–H and O–H groups in total. The fourth-order valence-corrected chi connectivity index (χ4v) is 5.88. The number of thiazole rings is 1. The van der Waals surface area contributed by atoms with Crippen LogP contribution in [0.1, 0.15) is 40.7 Å². The Morgan fingerprint density at radius 2 is 1.94 bits per heavy atom. The maximum absolute atomic E-state index is 13.7. The van der Waals surface area contributed by atoms with Gasteiger partial charge in [0.05, 0.1) is 23.2 Å². The minimum Gasteiger partial charge on any atom is -0.449 e. The fraction of sp³-hybridized carbons (Fsp3) is 0.360. The maximum atomic E-state index is 13.7. The van der Waals surface area contributed by atoms with Gasteiger partial charge in [0.15, 0.2) is 10.7 Å². The van der Waals surface area contributed by atoms with Gasteiger partial charge >= 0.3 is 5.97 Å². The van der Waals surface area contributed by atoms with E-state index in [1.807, 2.05) is 30.0 Å². The number of carbonyl (C=O) groups is 2. The van der Waals surface area contributed by atoms with E-state index in [1.54, 1.807) is 23.7 Å². The standard InChI is InChI=1S/C25H24N4O3S/c1-28(2)23-27-20(14-33-23)16-3-5-17(6-4-16)24(8-9-24)22(31)29-12-10-25(15-29)19-7-11-26-13-18(19)21(30)32-25/h3-7,11,13-14H,8-10,12,15H2,1-2H3. The van der Waals surface area contributed by atoms with Crippen molar-refractivity contribution in [2.24, 2.45) is 0 Å². The van der Waals surface area contributed by atoms with Gasteiger partial charge in [0.1, 0.15) is 0 Å². The zero-order chi connectivity index (χ0) is 22.8. The number of aromatic nitrogens is 2. The van der Waals surface area contributed by atoms with Crippen molar-refractivity contribution in [2.45, 2.75) is 30.3 Å². The predicted molar refractivity (Wildman–Crippen MR) is 125 cm³/mol. The van der Waals surface area contributed by atoms with E-state index < -0.39 is 11.0 Å². The van der Waals surface area contributed by atoms with E-state index in [0.717, 1.165) is 40.4 Å². The summed E-state index contributed by atoms with van der Waals surface area (Å²) < 4.78 is 5.80. The number of amides is 1. The number of rotatable bonds is 4. The number of anilines is 1. The number of hydrogen-bond acceptors (Lipinski definition) is 7. The summed E-state index contributed by atoms with van der Waals surface area (Å²) in [5.74, 6) is -0.210. The maximum Gasteiger partial charge on any atom is 0.341 e. The van der Waals surface area contributed by atoms with Gasteiger partial charge in [0.25, 0.3) is 0 Å². The van der Waals surface area contributed by atoms with Gasteiger partial charge in [-0.3, -0.25) is 9.78 Å². The molecule has 1 amide bonds. The van der Waals surface area contributed by atoms with Gasteiger partial charge in [-0.2, -0.15) is 0 Å². The highest BCUT2D eigenvalue weighted by Gasteiger charge is 2.57. The zero-order valence-corrected chi connectivity index (χ0v) is 19.4. The molecule has 7 nitrogen and oxygen atoms in total. The largest absolute Gasteiger partial charge is 0.449 e. The quantitative estimate of drug-likeness (QED) is 0.554. The van der Waals surface area contributed by atoms with Crippen molar-refractivity contribution in [3.05, 3.63) is 64.8 Å². The molecule has 8 heteroatoms. The first-order valence-corrected chi connectivity index (χ1v) is 12.0. The lowest BCUT2D eigenvalue weighted by Gasteiger charge is -2.27. The third kappa shape index (κ3) is 3.08. The minimum atomic E-state index is -0.736. The average molecular weight is 461 g/mol. The van der Waals surface area contributed by atoms with E-state index in [1.165, 1.54) is 0 Å². The van der Waals surface area contributed by atoms with Crippen LogP contribution in [0.25, 0.3) is 11.3 Å². The highest BCUT2D eigenvalue weighted by molar-refractivity contribution is 7.14. The third-order valence-corrected chi connectivity index (χ3v) is 8.11. The van der Waals surface area contributed by atoms with Crippen LogP contribution in [0, 0.1) is 0 Å². The number of nitrogens with zero attached hydrogens (tertiary/aromatic N) is 4. The SMILES string of the molecule is CN(C)c1nc(-c2ccc(C3(C(=O)N4CCC5(C4)OC(=O)c4cnccc45)CC3)cc2)cs1. The molecule has 0 bridgehead atoms. The van der Waals surface area contributed by atoms with Crippen LogP contribution in [0.3, 0.4) is 0 Å². The van der Waals surface area contributed by atoms with E-state index >= 15 is 0 Å². The molecule has 6 rings (SSSR count). The second-order valence-electron chi connectivity index (χ2n) is 9.35. The Kier molecular flexibility index (Phi) is 4.39. The first-order chi connectivity index (χ1) is 15.9. The van der Waals surface area contributed by atoms with Gasteiger partial charge in [-0.1, -0.05) is 24.3 Å². The third-order valence-electron chi connectivity index (χ3n) is 7.11. The van der Waals surface area contributed by atoms with Crippen molar-refractivity contribution in [1.29, 1.82) is 0 Å². The van der Waals surface area contributed by atoms with E-state index in [2.05, 4.69) is 39.6 Å². The molecule has 4 heterocycles. The molecule has 2 fully saturated rings. The number of pyridine rings is 1. The number of likely N-dealkylation sites (tertiary alicyclic amines) is 1. The van der Waals surface area contributed by atoms with Crippen molar-refractivity contribution < 1.29 is 14.3 Å². The summed E-state index contributed by atoms with van der Waals surface area (Å²) in [6, 6.07) is 10.1. The second kappa shape index (κ2) is 7.12. The summed E-state index contributed by atoms with van der Waals surface area (Å²) >= 11 is 1.62. The molecule has 2 aromatic heterocycles. The van der Waals surface area contributed by atoms with Gasteiger partial charge in [0.2, 0.25) is 5.91 Å². The lowest BCUT2D eigenvalue weighted by atomic mass is 9.92. The predicted octanol–water partition coefficient (Wildman–Crippen LogP) is 3.60. The molecular weight excluding hydrogens is 436 g/mol. The van der Waals surface area contributed by atoms with Gasteiger partial charge in [-0.05, 0) is 24.5 Å². The van der Waals surface area contributed by atoms with Crippen LogP contribution in [0.15, 0.2) is 48.1 Å². The van der Waals surface area contributed by atoms with Crippen molar-refractivity contribution >= 4 is 28.3 Å². The molecule has 1 saturated heterocycles. The fourth-order valence-electron chi connectivity index (χ4n) is 5.12. The second-order valence-corrected chi connectivity index (χ2v) is 10.2. The van der Waals surface area contributed by atoms with Gasteiger partial charge < -0.3 is 14.5 Å². The van der Waals surface area contributed by atoms with Crippen molar-refractivity contribution in [3.63, 3.8) is 0 Å². The van der Waals surface area contributed by atoms with Crippen LogP contribution in [-0.2, 0) is 20.5 Å². The molecule has 0 radical (unpaired) electrons. The zero-order valence-electron chi connectivity index (χ0n) is 18.6. The Balaban J connectivity index is 1.22. The van der Waals surface area contributed by atoms with Crippen LogP contribution in [-0.4, -0.2) is 53.9 Å². The molecule has 1 saturated carbocycles. The molecule has 2 aliphatic heterocycles. The molecule has 3 aliphatic rings. The number of fused-ring (bicyclic) bond motifs is 2. The van der Waals surface area contributed by atoms with Crippen LogP contribution in [0.5, 0.6) is 0 Å². The number of esters is 1. The lowest BCUT2D eigenvalue weighted by molar-refractivity contribution is -0.134. The molecular formula is C25H24N4O3S. The molecule has 168 valence electrons. The first-order valence-electron chi connectivity index (χ1n) is 11.1. The Morgan fingerprint density at radius 3 is 2.64 bits per heavy atom. The van der Waals surface area contributed by atoms with Crippen molar-refractivity contribution in [3.8, 4) is 11.3 Å². The number of carbonyl (C=O) groups excluding carboxylic acids is 2. The summed E-state index contributed by atoms with van der Waals surface area (Å²) in [6.07, 6.45) is 5.55. The minimum absolute atomic E-state index is 0.134. The van der Waals surface area contributed by atoms with E-state index in [4.69, 9.17) is 4.74 Å². The van der Waals surface area contributed by atoms with Gasteiger partial charge in [0, 0.05) is 56.0 Å². The lowest BCUT2D eigenvalue weighted by Crippen LogP contribution is -2.40. The van der Waals surface area contributed by atoms with Crippen molar-refractivity contribution in [1.82, 2.24) is 14.9 Å². The van der Waals surface area contributed by atoms with E-state index in [9.17, 15) is 9.59 Å². The monoisotopic (exact) mass is 460 g/mol. The summed E-state index contributed by atoms with van der Waals surface area (Å²) in [4.78, 5) is 38.6. The Morgan fingerprint density at radius 1 is 1.15 bits per heavy atom. The smallest absolute Gasteiger partial charge is 0.341 e. The number of ether oxygens (including phenoxy) is 1. The van der Waals surface area contributed by atoms with Crippen LogP contribution in [0.2, 0.25) is 0 Å². The molecule has 1 spiro atoms. The summed E-state index contributed by atoms with van der Waals surface area (Å²) in [6.45, 7) is 0.987. The molecule has 1 unspecified atom stereocenters. The Bertz CT molecular complexity index is 1260. The Labute approximate surface area is 196 Å². The van der Waals surface area contributed by atoms with Gasteiger partial charge in [-0.15, -0.1) is 11.3 Å². The van der Waals surface area contributed by atoms with Crippen molar-refractivity contribution in [2.75, 3.05) is 32.1 Å². The van der Waals surface area contributed by atoms with E-state index in [0.29, 0.717) is 25.1 Å². The average Bonchev–Trinajstić information content (AvgIpc) is 3.18. The van der Waals surface area contributed by atoms with Crippen LogP contribution in [0.4, 0.5) is 5.13 Å². The number of benzene rings is 1. The molecule has 3 aromatic rings. The molecule has 1 aromatic carbocycles. The summed E-state index contributed by atoms with van der Waals surface area (Å²) in [7, 11) is 3.97. The topological polar surface area (TPSA) is 75.6 Å². The van der Waals surface area contributed by atoms with Crippen LogP contribution < -0.4 is 4.90 Å². The van der Waals surface area contributed by atoms with E-state index in [-0.39, 0.29) is 11.9 Å². The summed E-state index contributed by atoms with van der Waals surface area (Å²) in [5.41, 5.74) is 3.21. The van der Waals surface area contributed by atoms with Crippen LogP contribution >= 0.6 is 11.3 Å². The first kappa shape index (κ1) is 20.4. The highest BCUT2D eigenvalue weighted by Crippen LogP contribution is 2.52. The van der Waals surface area contributed by atoms with Gasteiger partial charge in [-0.25, -0.2) is 9.78 Å². The number of hydrogen-bond donors (Lipinski definition) is 0. The molecule has 33 heavy (non-hydrogen) atoms. The molecule has 1 aliphatic carbocycles. The summed E-state index contributed by atoms with van der Waals surface area (Å²) in [5, 5.41) is 3.03. The normalized spacial score (nSPS) is 22.4. The Hall–Kier alpha value is -3.26. The highest BCUT2D eigenvalue weighted by atomic mass is 32.1.